The van der Waals surface area contributed by atoms with E-state index in [1.807, 2.05) is 31.4 Å². The van der Waals surface area contributed by atoms with Crippen molar-refractivity contribution in [2.45, 2.75) is 6.54 Å². The zero-order chi connectivity index (χ0) is 8.81. The smallest absolute Gasteiger partial charge is 0.0543 e. The molecule has 1 heterocycles. The molecule has 1 aromatic rings. The Hall–Kier alpha value is -0.930. The van der Waals surface area contributed by atoms with Crippen molar-refractivity contribution in [2.75, 3.05) is 20.1 Å². The predicted octanol–water partition coefficient (Wildman–Crippen LogP) is 0.472. The molecule has 66 valence electrons. The number of hydrogen-bond acceptors (Lipinski definition) is 3. The molecule has 0 amide bonds. The predicted molar refractivity (Wildman–Crippen MR) is 49.6 cm³/mol. The summed E-state index contributed by atoms with van der Waals surface area (Å²) in [7, 11) is 2.04. The summed E-state index contributed by atoms with van der Waals surface area (Å²) in [5.74, 6) is 0. The molecule has 0 aromatic carbocycles. The van der Waals surface area contributed by atoms with Crippen LogP contribution in [0, 0.1) is 0 Å². The maximum Gasteiger partial charge on any atom is 0.0543 e. The van der Waals surface area contributed by atoms with E-state index in [2.05, 4.69) is 9.88 Å². The molecule has 0 atom stereocenters. The van der Waals surface area contributed by atoms with Crippen LogP contribution >= 0.6 is 0 Å². The third kappa shape index (κ3) is 2.98. The van der Waals surface area contributed by atoms with Crippen LogP contribution in [-0.2, 0) is 6.54 Å². The Kier molecular flexibility index (Phi) is 3.70. The molecule has 0 bridgehead atoms. The first-order chi connectivity index (χ1) is 5.83. The van der Waals surface area contributed by atoms with Crippen molar-refractivity contribution in [1.82, 2.24) is 9.88 Å². The molecule has 0 saturated carbocycles. The van der Waals surface area contributed by atoms with Gasteiger partial charge in [-0.05, 0) is 19.2 Å². The fraction of sp³-hybridized carbons (Fsp3) is 0.444. The molecule has 1 rings (SSSR count). The highest BCUT2D eigenvalue weighted by molar-refractivity contribution is 5.02. The van der Waals surface area contributed by atoms with Crippen LogP contribution in [0.15, 0.2) is 24.4 Å². The molecule has 0 saturated heterocycles. The Bertz CT molecular complexity index is 210. The van der Waals surface area contributed by atoms with E-state index in [9.17, 15) is 0 Å². The Morgan fingerprint density at radius 2 is 2.33 bits per heavy atom. The van der Waals surface area contributed by atoms with E-state index in [0.29, 0.717) is 6.54 Å². The lowest BCUT2D eigenvalue weighted by molar-refractivity contribution is 0.332. The Labute approximate surface area is 73.2 Å². The second-order valence-electron chi connectivity index (χ2n) is 2.85. The van der Waals surface area contributed by atoms with Gasteiger partial charge in [-0.1, -0.05) is 6.07 Å². The number of aromatic nitrogens is 1. The monoisotopic (exact) mass is 165 g/mol. The number of rotatable bonds is 4. The second kappa shape index (κ2) is 4.85. The van der Waals surface area contributed by atoms with Crippen molar-refractivity contribution in [2.24, 2.45) is 5.73 Å². The van der Waals surface area contributed by atoms with Gasteiger partial charge >= 0.3 is 0 Å². The molecular formula is C9H15N3. The topological polar surface area (TPSA) is 42.1 Å². The van der Waals surface area contributed by atoms with Crippen molar-refractivity contribution in [3.63, 3.8) is 0 Å². The van der Waals surface area contributed by atoms with Gasteiger partial charge in [0, 0.05) is 25.8 Å². The van der Waals surface area contributed by atoms with Crippen LogP contribution in [0.1, 0.15) is 5.69 Å². The SMILES string of the molecule is CN(CCN)Cc1ccccn1. The van der Waals surface area contributed by atoms with Gasteiger partial charge in [0.2, 0.25) is 0 Å². The third-order valence-corrected chi connectivity index (χ3v) is 1.67. The highest BCUT2D eigenvalue weighted by Crippen LogP contribution is 1.96. The Morgan fingerprint density at radius 1 is 1.50 bits per heavy atom. The number of pyridine rings is 1. The molecule has 3 nitrogen and oxygen atoms in total. The molecule has 0 fully saturated rings. The summed E-state index contributed by atoms with van der Waals surface area (Å²) in [6.07, 6.45) is 1.81. The summed E-state index contributed by atoms with van der Waals surface area (Å²) >= 11 is 0. The third-order valence-electron chi connectivity index (χ3n) is 1.67. The van der Waals surface area contributed by atoms with Crippen LogP contribution in [0.3, 0.4) is 0 Å². The van der Waals surface area contributed by atoms with E-state index in [-0.39, 0.29) is 0 Å². The largest absolute Gasteiger partial charge is 0.329 e. The summed E-state index contributed by atoms with van der Waals surface area (Å²) < 4.78 is 0. The normalized spacial score (nSPS) is 10.6. The van der Waals surface area contributed by atoms with Crippen molar-refractivity contribution in [1.29, 1.82) is 0 Å². The van der Waals surface area contributed by atoms with Crippen LogP contribution in [0.4, 0.5) is 0 Å². The molecule has 0 aliphatic rings. The zero-order valence-electron chi connectivity index (χ0n) is 7.40. The minimum atomic E-state index is 0.698. The lowest BCUT2D eigenvalue weighted by Gasteiger charge is -2.13. The Balaban J connectivity index is 2.41. The number of likely N-dealkylation sites (N-methyl/N-ethyl adjacent to an activating group) is 1. The van der Waals surface area contributed by atoms with E-state index < -0.39 is 0 Å². The van der Waals surface area contributed by atoms with Crippen molar-refractivity contribution in [3.05, 3.63) is 30.1 Å². The minimum absolute atomic E-state index is 0.698. The van der Waals surface area contributed by atoms with Crippen LogP contribution in [0.2, 0.25) is 0 Å². The summed E-state index contributed by atoms with van der Waals surface area (Å²) in [5.41, 5.74) is 6.51. The maximum atomic E-state index is 5.42. The highest BCUT2D eigenvalue weighted by Gasteiger charge is 1.97. The molecule has 2 N–H and O–H groups in total. The van der Waals surface area contributed by atoms with E-state index in [4.69, 9.17) is 5.73 Å². The number of nitrogens with zero attached hydrogens (tertiary/aromatic N) is 2. The average molecular weight is 165 g/mol. The summed E-state index contributed by atoms with van der Waals surface area (Å²) in [5, 5.41) is 0. The van der Waals surface area contributed by atoms with E-state index in [1.165, 1.54) is 0 Å². The second-order valence-corrected chi connectivity index (χ2v) is 2.85. The van der Waals surface area contributed by atoms with Gasteiger partial charge in [-0.3, -0.25) is 9.88 Å². The summed E-state index contributed by atoms with van der Waals surface area (Å²) in [4.78, 5) is 6.37. The van der Waals surface area contributed by atoms with Crippen molar-refractivity contribution < 1.29 is 0 Å². The van der Waals surface area contributed by atoms with Gasteiger partial charge in [0.15, 0.2) is 0 Å². The van der Waals surface area contributed by atoms with Gasteiger partial charge in [0.25, 0.3) is 0 Å². The number of nitrogens with two attached hydrogens (primary N) is 1. The van der Waals surface area contributed by atoms with E-state index >= 15 is 0 Å². The molecule has 0 radical (unpaired) electrons. The summed E-state index contributed by atoms with van der Waals surface area (Å²) in [6, 6.07) is 5.94. The minimum Gasteiger partial charge on any atom is -0.329 e. The van der Waals surface area contributed by atoms with Crippen LogP contribution in [0.25, 0.3) is 0 Å². The van der Waals surface area contributed by atoms with Crippen LogP contribution in [-0.4, -0.2) is 30.0 Å². The zero-order valence-corrected chi connectivity index (χ0v) is 7.40. The van der Waals surface area contributed by atoms with Gasteiger partial charge in [0.05, 0.1) is 5.69 Å². The molecule has 0 spiro atoms. The molecule has 12 heavy (non-hydrogen) atoms. The molecule has 0 unspecified atom stereocenters. The molecule has 0 aliphatic heterocycles. The average Bonchev–Trinajstić information content (AvgIpc) is 2.06. The first kappa shape index (κ1) is 9.16. The van der Waals surface area contributed by atoms with Crippen LogP contribution < -0.4 is 5.73 Å². The maximum absolute atomic E-state index is 5.42. The first-order valence-electron chi connectivity index (χ1n) is 4.11. The lowest BCUT2D eigenvalue weighted by Crippen LogP contribution is -2.25. The highest BCUT2D eigenvalue weighted by atomic mass is 15.1. The first-order valence-corrected chi connectivity index (χ1v) is 4.11. The quantitative estimate of drug-likeness (QED) is 0.705. The van der Waals surface area contributed by atoms with E-state index in [1.54, 1.807) is 0 Å². The summed E-state index contributed by atoms with van der Waals surface area (Å²) in [6.45, 7) is 2.48. The fourth-order valence-electron chi connectivity index (χ4n) is 1.07. The van der Waals surface area contributed by atoms with Gasteiger partial charge in [-0.25, -0.2) is 0 Å². The molecular weight excluding hydrogens is 150 g/mol. The van der Waals surface area contributed by atoms with E-state index in [0.717, 1.165) is 18.8 Å². The van der Waals surface area contributed by atoms with Crippen molar-refractivity contribution in [3.8, 4) is 0 Å². The number of hydrogen-bond donors (Lipinski definition) is 1. The van der Waals surface area contributed by atoms with Gasteiger partial charge in [-0.2, -0.15) is 0 Å². The van der Waals surface area contributed by atoms with Crippen LogP contribution in [0.5, 0.6) is 0 Å². The fourth-order valence-corrected chi connectivity index (χ4v) is 1.07. The Morgan fingerprint density at radius 3 is 2.92 bits per heavy atom. The van der Waals surface area contributed by atoms with Gasteiger partial charge in [-0.15, -0.1) is 0 Å². The van der Waals surface area contributed by atoms with Crippen molar-refractivity contribution >= 4 is 0 Å². The molecule has 3 heteroatoms. The van der Waals surface area contributed by atoms with Gasteiger partial charge in [0.1, 0.15) is 0 Å². The van der Waals surface area contributed by atoms with Gasteiger partial charge < -0.3 is 5.73 Å². The molecule has 1 aromatic heterocycles. The lowest BCUT2D eigenvalue weighted by atomic mass is 10.3. The molecule has 0 aliphatic carbocycles. The standard InChI is InChI=1S/C9H15N3/c1-12(7-5-10)8-9-4-2-3-6-11-9/h2-4,6H,5,7-8,10H2,1H3.